The van der Waals surface area contributed by atoms with Crippen LogP contribution in [0.2, 0.25) is 0 Å². The van der Waals surface area contributed by atoms with Gasteiger partial charge in [-0.2, -0.15) is 23.5 Å². The van der Waals surface area contributed by atoms with Gasteiger partial charge in [-0.05, 0) is 24.3 Å². The van der Waals surface area contributed by atoms with E-state index in [4.69, 9.17) is 28.4 Å². The number of aliphatic hydroxyl groups excluding tert-OH is 8. The quantitative estimate of drug-likeness (QED) is 0.0760. The van der Waals surface area contributed by atoms with E-state index in [0.717, 1.165) is 62.9 Å². The van der Waals surface area contributed by atoms with Crippen LogP contribution in [0.5, 0.6) is 0 Å². The SMILES string of the molecule is CCCCCCSC[C@H]1O[C@H](O[C@H]2[C@H](O)[C@@H](O)[C@@H](O[C@H]3[C@H](O)[C@@H](O)[C@H](OC)O[C@@H]3CO)O[C@@H]2CSCCCCCC)[C@H](O)[C@@H](O)[C@@H]1O. The second kappa shape index (κ2) is 21.5. The van der Waals surface area contributed by atoms with Crippen molar-refractivity contribution >= 4 is 23.5 Å². The second-order valence-electron chi connectivity index (χ2n) is 12.5. The molecule has 8 N–H and O–H groups in total. The lowest BCUT2D eigenvalue weighted by atomic mass is 9.96. The summed E-state index contributed by atoms with van der Waals surface area (Å²) in [4.78, 5) is 0. The van der Waals surface area contributed by atoms with Gasteiger partial charge in [-0.15, -0.1) is 0 Å². The molecule has 47 heavy (non-hydrogen) atoms. The van der Waals surface area contributed by atoms with Crippen molar-refractivity contribution in [1.82, 2.24) is 0 Å². The Morgan fingerprint density at radius 3 is 1.47 bits per heavy atom. The summed E-state index contributed by atoms with van der Waals surface area (Å²) in [6.45, 7) is 3.65. The van der Waals surface area contributed by atoms with Gasteiger partial charge in [0, 0.05) is 18.6 Å². The third kappa shape index (κ3) is 11.6. The maximum Gasteiger partial charge on any atom is 0.187 e. The lowest BCUT2D eigenvalue weighted by Crippen LogP contribution is -2.66. The molecule has 15 atom stereocenters. The van der Waals surface area contributed by atoms with Crippen LogP contribution in [0.1, 0.15) is 65.2 Å². The molecule has 0 aromatic rings. The molecule has 278 valence electrons. The standard InChI is InChI=1S/C31H58O14S2/c1-4-6-8-10-12-46-15-18-20(33)21(34)24(37)30(42-18)45-28-19(16-47-13-11-9-7-5-2)43-31(26(39)23(28)36)44-27-17(14-32)41-29(40-3)25(38)22(27)35/h17-39H,4-16H2,1-3H3/t17-,18-,19-,20-,21+,22-,23-,24-,25-,26-,27-,28-,29-,30-,31-/m1/s1. The summed E-state index contributed by atoms with van der Waals surface area (Å²) < 4.78 is 34.5. The molecule has 0 unspecified atom stereocenters. The molecule has 0 amide bonds. The monoisotopic (exact) mass is 718 g/mol. The molecule has 3 heterocycles. The van der Waals surface area contributed by atoms with Gasteiger partial charge in [-0.25, -0.2) is 0 Å². The highest BCUT2D eigenvalue weighted by Gasteiger charge is 2.53. The fraction of sp³-hybridized carbons (Fsp3) is 1.00. The van der Waals surface area contributed by atoms with Crippen LogP contribution >= 0.6 is 23.5 Å². The molecule has 0 saturated carbocycles. The first kappa shape index (κ1) is 41.6. The van der Waals surface area contributed by atoms with E-state index >= 15 is 0 Å². The average Bonchev–Trinajstić information content (AvgIpc) is 3.07. The Morgan fingerprint density at radius 1 is 0.511 bits per heavy atom. The number of methoxy groups -OCH3 is 1. The van der Waals surface area contributed by atoms with Gasteiger partial charge in [0.15, 0.2) is 18.9 Å². The van der Waals surface area contributed by atoms with Crippen molar-refractivity contribution in [3.05, 3.63) is 0 Å². The first-order valence-electron chi connectivity index (χ1n) is 16.9. The van der Waals surface area contributed by atoms with E-state index in [1.165, 1.54) is 18.9 Å². The Bertz CT molecular complexity index is 848. The molecule has 0 aromatic carbocycles. The van der Waals surface area contributed by atoms with Gasteiger partial charge in [0.2, 0.25) is 0 Å². The van der Waals surface area contributed by atoms with Crippen molar-refractivity contribution in [2.24, 2.45) is 0 Å². The van der Waals surface area contributed by atoms with Crippen molar-refractivity contribution in [2.45, 2.75) is 157 Å². The first-order valence-corrected chi connectivity index (χ1v) is 19.2. The molecule has 3 aliphatic heterocycles. The Hall–Kier alpha value is 0.140. The summed E-state index contributed by atoms with van der Waals surface area (Å²) in [6.07, 6.45) is -12.2. The van der Waals surface area contributed by atoms with Crippen LogP contribution in [-0.2, 0) is 28.4 Å². The molecule has 0 aromatic heterocycles. The molecule has 0 bridgehead atoms. The van der Waals surface area contributed by atoms with E-state index in [0.29, 0.717) is 5.75 Å². The number of hydrogen-bond donors (Lipinski definition) is 8. The fourth-order valence-electron chi connectivity index (χ4n) is 5.87. The van der Waals surface area contributed by atoms with E-state index in [1.807, 2.05) is 0 Å². The maximum atomic E-state index is 11.3. The molecule has 14 nitrogen and oxygen atoms in total. The molecular formula is C31H58O14S2. The lowest BCUT2D eigenvalue weighted by Gasteiger charge is -2.48. The zero-order valence-electron chi connectivity index (χ0n) is 27.7. The van der Waals surface area contributed by atoms with Crippen molar-refractivity contribution in [3.8, 4) is 0 Å². The minimum Gasteiger partial charge on any atom is -0.394 e. The van der Waals surface area contributed by atoms with Crippen LogP contribution in [0.3, 0.4) is 0 Å². The maximum absolute atomic E-state index is 11.3. The van der Waals surface area contributed by atoms with E-state index in [2.05, 4.69) is 13.8 Å². The van der Waals surface area contributed by atoms with Crippen molar-refractivity contribution in [1.29, 1.82) is 0 Å². The fourth-order valence-corrected chi connectivity index (χ4v) is 8.03. The smallest absolute Gasteiger partial charge is 0.187 e. The molecule has 0 spiro atoms. The van der Waals surface area contributed by atoms with Crippen LogP contribution < -0.4 is 0 Å². The summed E-state index contributed by atoms with van der Waals surface area (Å²) in [5.74, 6) is 2.27. The highest BCUT2D eigenvalue weighted by atomic mass is 32.2. The van der Waals surface area contributed by atoms with Gasteiger partial charge >= 0.3 is 0 Å². The minimum absolute atomic E-state index is 0.285. The van der Waals surface area contributed by atoms with Gasteiger partial charge in [-0.3, -0.25) is 0 Å². The topological polar surface area (TPSA) is 217 Å². The van der Waals surface area contributed by atoms with Gasteiger partial charge in [-0.1, -0.05) is 52.4 Å². The molecule has 0 radical (unpaired) electrons. The number of rotatable bonds is 20. The van der Waals surface area contributed by atoms with Crippen molar-refractivity contribution in [3.63, 3.8) is 0 Å². The zero-order valence-corrected chi connectivity index (χ0v) is 29.3. The predicted molar refractivity (Wildman–Crippen MR) is 175 cm³/mol. The number of aliphatic hydroxyl groups is 8. The average molecular weight is 719 g/mol. The van der Waals surface area contributed by atoms with Crippen LogP contribution in [-0.4, -0.2) is 170 Å². The normalized spacial score (nSPS) is 41.3. The molecule has 3 rings (SSSR count). The number of thioether (sulfide) groups is 2. The molecule has 0 aliphatic carbocycles. The van der Waals surface area contributed by atoms with Gasteiger partial charge in [0.1, 0.15) is 61.0 Å². The predicted octanol–water partition coefficient (Wildman–Crippen LogP) is -0.276. The summed E-state index contributed by atoms with van der Waals surface area (Å²) >= 11 is 3.10. The second-order valence-corrected chi connectivity index (χ2v) is 14.8. The third-order valence-corrected chi connectivity index (χ3v) is 11.1. The van der Waals surface area contributed by atoms with Crippen LogP contribution in [0.15, 0.2) is 0 Å². The number of hydrogen-bond acceptors (Lipinski definition) is 16. The van der Waals surface area contributed by atoms with E-state index in [-0.39, 0.29) is 5.75 Å². The van der Waals surface area contributed by atoms with Crippen molar-refractivity contribution in [2.75, 3.05) is 36.7 Å². The summed E-state index contributed by atoms with van der Waals surface area (Å²) in [6, 6.07) is 0. The van der Waals surface area contributed by atoms with Crippen molar-refractivity contribution < 1.29 is 69.3 Å². The van der Waals surface area contributed by atoms with E-state index in [1.54, 1.807) is 11.8 Å². The van der Waals surface area contributed by atoms with Gasteiger partial charge in [0.25, 0.3) is 0 Å². The third-order valence-electron chi connectivity index (χ3n) is 8.79. The van der Waals surface area contributed by atoms with Crippen LogP contribution in [0.4, 0.5) is 0 Å². The lowest BCUT2D eigenvalue weighted by molar-refractivity contribution is -0.373. The number of ether oxygens (including phenoxy) is 6. The highest BCUT2D eigenvalue weighted by Crippen LogP contribution is 2.34. The molecule has 3 aliphatic rings. The Balaban J connectivity index is 1.72. The highest BCUT2D eigenvalue weighted by molar-refractivity contribution is 7.99. The Kier molecular flexibility index (Phi) is 19.0. The van der Waals surface area contributed by atoms with Gasteiger partial charge in [0.05, 0.1) is 18.8 Å². The molecular weight excluding hydrogens is 660 g/mol. The largest absolute Gasteiger partial charge is 0.394 e. The van der Waals surface area contributed by atoms with Crippen LogP contribution in [0.25, 0.3) is 0 Å². The summed E-state index contributed by atoms with van der Waals surface area (Å²) in [5.41, 5.74) is 0. The minimum atomic E-state index is -1.74. The van der Waals surface area contributed by atoms with E-state index < -0.39 is 98.7 Å². The molecule has 16 heteroatoms. The Labute approximate surface area is 286 Å². The molecule has 3 fully saturated rings. The number of unbranched alkanes of at least 4 members (excludes halogenated alkanes) is 6. The van der Waals surface area contributed by atoms with E-state index in [9.17, 15) is 40.9 Å². The molecule has 3 saturated heterocycles. The van der Waals surface area contributed by atoms with Crippen LogP contribution in [0, 0.1) is 0 Å². The zero-order chi connectivity index (χ0) is 34.5. The summed E-state index contributed by atoms with van der Waals surface area (Å²) in [5, 5.41) is 85.6. The Morgan fingerprint density at radius 2 is 0.957 bits per heavy atom. The first-order chi connectivity index (χ1) is 22.6. The van der Waals surface area contributed by atoms with Gasteiger partial charge < -0.3 is 69.3 Å². The summed E-state index contributed by atoms with van der Waals surface area (Å²) in [7, 11) is 1.27.